The summed E-state index contributed by atoms with van der Waals surface area (Å²) in [6, 6.07) is 9.49. The molecule has 0 bridgehead atoms. The van der Waals surface area contributed by atoms with E-state index in [4.69, 9.17) is 17.3 Å². The predicted octanol–water partition coefficient (Wildman–Crippen LogP) is 3.17. The van der Waals surface area contributed by atoms with Crippen molar-refractivity contribution >= 4 is 17.3 Å². The first-order valence-electron chi connectivity index (χ1n) is 5.74. The van der Waals surface area contributed by atoms with Crippen LogP contribution in [0.15, 0.2) is 55.1 Å². The van der Waals surface area contributed by atoms with Crippen molar-refractivity contribution in [1.29, 1.82) is 0 Å². The van der Waals surface area contributed by atoms with Crippen LogP contribution in [0.4, 0.5) is 5.69 Å². The molecule has 0 atom stereocenters. The Kier molecular flexibility index (Phi) is 2.93. The molecule has 0 spiro atoms. The Hall–Kier alpha value is -2.33. The lowest BCUT2D eigenvalue weighted by Crippen LogP contribution is -1.95. The number of benzene rings is 1. The SMILES string of the molecule is Nc1cccc(-c2cnn(-c3ccncc3Cl)c2)c1. The van der Waals surface area contributed by atoms with Crippen molar-refractivity contribution in [2.24, 2.45) is 0 Å². The number of nitrogens with two attached hydrogens (primary N) is 1. The Morgan fingerprint density at radius 1 is 1.11 bits per heavy atom. The van der Waals surface area contributed by atoms with Crippen molar-refractivity contribution in [2.75, 3.05) is 5.73 Å². The molecule has 0 unspecified atom stereocenters. The van der Waals surface area contributed by atoms with Crippen molar-refractivity contribution in [2.45, 2.75) is 0 Å². The Balaban J connectivity index is 2.03. The number of nitrogen functional groups attached to an aromatic ring is 1. The lowest BCUT2D eigenvalue weighted by molar-refractivity contribution is 0.878. The van der Waals surface area contributed by atoms with E-state index in [-0.39, 0.29) is 0 Å². The van der Waals surface area contributed by atoms with Crippen LogP contribution in [0.2, 0.25) is 5.02 Å². The topological polar surface area (TPSA) is 56.7 Å². The lowest BCUT2D eigenvalue weighted by Gasteiger charge is -2.02. The van der Waals surface area contributed by atoms with Gasteiger partial charge >= 0.3 is 0 Å². The first-order valence-corrected chi connectivity index (χ1v) is 6.12. The van der Waals surface area contributed by atoms with E-state index in [0.717, 1.165) is 22.5 Å². The molecule has 0 aliphatic heterocycles. The van der Waals surface area contributed by atoms with Crippen LogP contribution in [0.1, 0.15) is 0 Å². The minimum atomic E-state index is 0.560. The second-order valence-electron chi connectivity index (χ2n) is 4.13. The molecule has 19 heavy (non-hydrogen) atoms. The third-order valence-corrected chi connectivity index (χ3v) is 3.09. The molecule has 0 radical (unpaired) electrons. The van der Waals surface area contributed by atoms with Crippen molar-refractivity contribution < 1.29 is 0 Å². The van der Waals surface area contributed by atoms with Gasteiger partial charge in [0.25, 0.3) is 0 Å². The van der Waals surface area contributed by atoms with Gasteiger partial charge in [-0.25, -0.2) is 4.68 Å². The first-order chi connectivity index (χ1) is 9.24. The van der Waals surface area contributed by atoms with Gasteiger partial charge in [-0.05, 0) is 23.8 Å². The summed E-state index contributed by atoms with van der Waals surface area (Å²) in [5.41, 5.74) is 9.32. The number of hydrogen-bond donors (Lipinski definition) is 1. The van der Waals surface area contributed by atoms with Gasteiger partial charge in [-0.15, -0.1) is 0 Å². The van der Waals surface area contributed by atoms with E-state index in [0.29, 0.717) is 5.02 Å². The maximum absolute atomic E-state index is 6.10. The van der Waals surface area contributed by atoms with Crippen LogP contribution < -0.4 is 5.73 Å². The minimum Gasteiger partial charge on any atom is -0.399 e. The van der Waals surface area contributed by atoms with E-state index >= 15 is 0 Å². The van der Waals surface area contributed by atoms with Crippen molar-refractivity contribution in [3.05, 3.63) is 60.1 Å². The number of hydrogen-bond acceptors (Lipinski definition) is 3. The van der Waals surface area contributed by atoms with Crippen LogP contribution >= 0.6 is 11.6 Å². The summed E-state index contributed by atoms with van der Waals surface area (Å²) in [7, 11) is 0. The molecule has 3 rings (SSSR count). The van der Waals surface area contributed by atoms with Gasteiger partial charge in [-0.1, -0.05) is 23.7 Å². The molecule has 2 heterocycles. The molecule has 0 aliphatic carbocycles. The molecule has 2 N–H and O–H groups in total. The summed E-state index contributed by atoms with van der Waals surface area (Å²) in [6.45, 7) is 0. The van der Waals surface area contributed by atoms with Gasteiger partial charge in [0.15, 0.2) is 0 Å². The fourth-order valence-electron chi connectivity index (χ4n) is 1.88. The highest BCUT2D eigenvalue weighted by atomic mass is 35.5. The van der Waals surface area contributed by atoms with Crippen LogP contribution in [0, 0.1) is 0 Å². The molecule has 1 aromatic carbocycles. The van der Waals surface area contributed by atoms with Crippen LogP contribution in [-0.4, -0.2) is 14.8 Å². The van der Waals surface area contributed by atoms with Crippen LogP contribution in [-0.2, 0) is 0 Å². The van der Waals surface area contributed by atoms with Gasteiger partial charge < -0.3 is 5.73 Å². The van der Waals surface area contributed by atoms with Crippen molar-refractivity contribution in [3.63, 3.8) is 0 Å². The summed E-state index contributed by atoms with van der Waals surface area (Å²) in [4.78, 5) is 3.96. The summed E-state index contributed by atoms with van der Waals surface area (Å²) in [5.74, 6) is 0. The summed E-state index contributed by atoms with van der Waals surface area (Å²) >= 11 is 6.10. The van der Waals surface area contributed by atoms with Gasteiger partial charge in [0.2, 0.25) is 0 Å². The molecule has 2 aromatic heterocycles. The third-order valence-electron chi connectivity index (χ3n) is 2.80. The van der Waals surface area contributed by atoms with E-state index in [2.05, 4.69) is 10.1 Å². The summed E-state index contributed by atoms with van der Waals surface area (Å²) < 4.78 is 1.72. The lowest BCUT2D eigenvalue weighted by atomic mass is 10.1. The Morgan fingerprint density at radius 2 is 2.00 bits per heavy atom. The number of rotatable bonds is 2. The fraction of sp³-hybridized carbons (Fsp3) is 0. The average Bonchev–Trinajstić information content (AvgIpc) is 2.89. The highest BCUT2D eigenvalue weighted by molar-refractivity contribution is 6.32. The van der Waals surface area contributed by atoms with Crippen LogP contribution in [0.5, 0.6) is 0 Å². The molecule has 0 saturated heterocycles. The number of anilines is 1. The second-order valence-corrected chi connectivity index (χ2v) is 4.53. The number of pyridine rings is 1. The zero-order valence-electron chi connectivity index (χ0n) is 9.99. The molecule has 4 nitrogen and oxygen atoms in total. The number of halogens is 1. The van der Waals surface area contributed by atoms with E-state index in [1.807, 2.05) is 36.5 Å². The molecule has 3 aromatic rings. The Morgan fingerprint density at radius 3 is 2.79 bits per heavy atom. The summed E-state index contributed by atoms with van der Waals surface area (Å²) in [5, 5.41) is 4.88. The maximum Gasteiger partial charge on any atom is 0.0863 e. The van der Waals surface area contributed by atoms with E-state index in [9.17, 15) is 0 Å². The molecule has 0 amide bonds. The van der Waals surface area contributed by atoms with Crippen LogP contribution in [0.25, 0.3) is 16.8 Å². The number of aromatic nitrogens is 3. The predicted molar refractivity (Wildman–Crippen MR) is 76.2 cm³/mol. The molecule has 0 fully saturated rings. The fourth-order valence-corrected chi connectivity index (χ4v) is 2.08. The zero-order valence-corrected chi connectivity index (χ0v) is 10.7. The highest BCUT2D eigenvalue weighted by Crippen LogP contribution is 2.24. The van der Waals surface area contributed by atoms with Gasteiger partial charge in [0.05, 0.1) is 16.9 Å². The van der Waals surface area contributed by atoms with Gasteiger partial charge in [-0.2, -0.15) is 5.10 Å². The van der Waals surface area contributed by atoms with Crippen molar-refractivity contribution in [1.82, 2.24) is 14.8 Å². The molecular formula is C14H11ClN4. The molecule has 5 heteroatoms. The normalized spacial score (nSPS) is 10.6. The maximum atomic E-state index is 6.10. The average molecular weight is 271 g/mol. The largest absolute Gasteiger partial charge is 0.399 e. The molecule has 0 saturated carbocycles. The third kappa shape index (κ3) is 2.30. The van der Waals surface area contributed by atoms with E-state index in [1.54, 1.807) is 23.3 Å². The van der Waals surface area contributed by atoms with E-state index in [1.165, 1.54) is 0 Å². The zero-order chi connectivity index (χ0) is 13.2. The van der Waals surface area contributed by atoms with Crippen LogP contribution in [0.3, 0.4) is 0 Å². The van der Waals surface area contributed by atoms with E-state index < -0.39 is 0 Å². The smallest absolute Gasteiger partial charge is 0.0863 e. The first kappa shape index (κ1) is 11.7. The molecule has 0 aliphatic rings. The second kappa shape index (κ2) is 4.74. The standard InChI is InChI=1S/C14H11ClN4/c15-13-8-17-5-4-14(13)19-9-11(7-18-19)10-2-1-3-12(16)6-10/h1-9H,16H2. The van der Waals surface area contributed by atoms with Gasteiger partial charge in [0.1, 0.15) is 0 Å². The monoisotopic (exact) mass is 270 g/mol. The quantitative estimate of drug-likeness (QED) is 0.728. The molecular weight excluding hydrogens is 260 g/mol. The number of nitrogens with zero attached hydrogens (tertiary/aromatic N) is 3. The minimum absolute atomic E-state index is 0.560. The highest BCUT2D eigenvalue weighted by Gasteiger charge is 2.06. The Labute approximate surface area is 115 Å². The van der Waals surface area contributed by atoms with Gasteiger partial charge in [0, 0.05) is 29.8 Å². The van der Waals surface area contributed by atoms with Crippen molar-refractivity contribution in [3.8, 4) is 16.8 Å². The molecule has 94 valence electrons. The van der Waals surface area contributed by atoms with Gasteiger partial charge in [-0.3, -0.25) is 4.98 Å². The summed E-state index contributed by atoms with van der Waals surface area (Å²) in [6.07, 6.45) is 6.98. The Bertz CT molecular complexity index is 721.